The molecule has 0 saturated carbocycles. The molecule has 1 N–H and O–H groups in total. The Labute approximate surface area is 133 Å². The van der Waals surface area contributed by atoms with Gasteiger partial charge in [-0.05, 0) is 24.6 Å². The van der Waals surface area contributed by atoms with Crippen LogP contribution in [0.25, 0.3) is 0 Å². The van der Waals surface area contributed by atoms with E-state index >= 15 is 0 Å². The van der Waals surface area contributed by atoms with Crippen LogP contribution in [0.1, 0.15) is 18.9 Å². The average Bonchev–Trinajstić information content (AvgIpc) is 2.38. The van der Waals surface area contributed by atoms with Gasteiger partial charge in [0, 0.05) is 14.1 Å². The number of benzene rings is 1. The van der Waals surface area contributed by atoms with Crippen molar-refractivity contribution in [3.63, 3.8) is 0 Å². The topological polar surface area (TPSA) is 57.1 Å². The molecular weight excluding hydrogens is 311 g/mol. The first-order valence-corrected chi connectivity index (χ1v) is 7.11. The number of hydrogen-bond acceptors (Lipinski definition) is 3. The van der Waals surface area contributed by atoms with Gasteiger partial charge in [0.2, 0.25) is 11.9 Å². The fraction of sp³-hybridized carbons (Fsp3) is 0.357. The Morgan fingerprint density at radius 2 is 2.10 bits per heavy atom. The molecule has 0 saturated heterocycles. The molecule has 0 aliphatic carbocycles. The predicted molar refractivity (Wildman–Crippen MR) is 86.2 cm³/mol. The van der Waals surface area contributed by atoms with Gasteiger partial charge in [0.1, 0.15) is 0 Å². The maximum atomic E-state index is 11.9. The number of nitrogens with zero attached hydrogens (tertiary/aromatic N) is 3. The molecule has 1 atom stereocenters. The lowest BCUT2D eigenvalue weighted by Crippen LogP contribution is -2.42. The molecule has 0 fully saturated rings. The number of carbonyl (C=O) groups is 1. The number of rotatable bonds is 2. The van der Waals surface area contributed by atoms with E-state index < -0.39 is 5.54 Å². The van der Waals surface area contributed by atoms with Crippen molar-refractivity contribution in [2.24, 2.45) is 9.98 Å². The molecule has 0 aromatic heterocycles. The van der Waals surface area contributed by atoms with Crippen LogP contribution in [0.4, 0.5) is 0 Å². The lowest BCUT2D eigenvalue weighted by atomic mass is 9.88. The van der Waals surface area contributed by atoms with E-state index in [1.807, 2.05) is 27.1 Å². The number of hydrogen-bond donors (Lipinski definition) is 1. The van der Waals surface area contributed by atoms with Gasteiger partial charge in [-0.2, -0.15) is 0 Å². The van der Waals surface area contributed by atoms with E-state index in [9.17, 15) is 4.79 Å². The van der Waals surface area contributed by atoms with Crippen LogP contribution >= 0.6 is 23.2 Å². The molecule has 1 aliphatic rings. The summed E-state index contributed by atoms with van der Waals surface area (Å²) in [5, 5.41) is 3.56. The Kier molecular flexibility index (Phi) is 4.54. The summed E-state index contributed by atoms with van der Waals surface area (Å²) in [6.45, 7) is 1.87. The van der Waals surface area contributed by atoms with Crippen LogP contribution in [0.15, 0.2) is 28.2 Å². The molecule has 1 unspecified atom stereocenters. The van der Waals surface area contributed by atoms with Gasteiger partial charge in [-0.15, -0.1) is 0 Å². The zero-order chi connectivity index (χ0) is 15.6. The van der Waals surface area contributed by atoms with Gasteiger partial charge in [-0.1, -0.05) is 29.3 Å². The van der Waals surface area contributed by atoms with Crippen LogP contribution < -0.4 is 5.32 Å². The minimum atomic E-state index is -0.713. The van der Waals surface area contributed by atoms with Crippen LogP contribution in [0.2, 0.25) is 10.0 Å². The summed E-state index contributed by atoms with van der Waals surface area (Å²) < 4.78 is 0. The van der Waals surface area contributed by atoms with Gasteiger partial charge in [0.25, 0.3) is 0 Å². The maximum Gasteiger partial charge on any atom is 0.229 e. The first-order valence-electron chi connectivity index (χ1n) is 6.36. The van der Waals surface area contributed by atoms with Gasteiger partial charge in [-0.3, -0.25) is 10.1 Å². The zero-order valence-corrected chi connectivity index (χ0v) is 13.5. The molecule has 7 heteroatoms. The molecule has 112 valence electrons. The Hall–Kier alpha value is -1.59. The normalized spacial score (nSPS) is 22.1. The SMILES string of the molecule is CN(C)/C=N/C1=NC(C)(c2ccc(Cl)c(Cl)c2)CC(=O)N1. The highest BCUT2D eigenvalue weighted by atomic mass is 35.5. The van der Waals surface area contributed by atoms with Crippen molar-refractivity contribution in [3.8, 4) is 0 Å². The van der Waals surface area contributed by atoms with Crippen molar-refractivity contribution in [1.29, 1.82) is 0 Å². The van der Waals surface area contributed by atoms with Gasteiger partial charge >= 0.3 is 0 Å². The van der Waals surface area contributed by atoms with Gasteiger partial charge in [-0.25, -0.2) is 9.98 Å². The summed E-state index contributed by atoms with van der Waals surface area (Å²) in [5.74, 6) is 0.151. The molecule has 0 spiro atoms. The third-order valence-corrected chi connectivity index (χ3v) is 3.80. The molecule has 21 heavy (non-hydrogen) atoms. The van der Waals surface area contributed by atoms with Crippen molar-refractivity contribution in [2.75, 3.05) is 14.1 Å². The highest BCUT2D eigenvalue weighted by Gasteiger charge is 2.34. The number of aliphatic imine (C=N–C) groups is 2. The van der Waals surface area contributed by atoms with E-state index in [1.54, 1.807) is 23.4 Å². The van der Waals surface area contributed by atoms with Crippen LogP contribution in [0, 0.1) is 0 Å². The summed E-state index contributed by atoms with van der Waals surface area (Å²) in [6, 6.07) is 5.26. The quantitative estimate of drug-likeness (QED) is 0.671. The smallest absolute Gasteiger partial charge is 0.229 e. The molecule has 1 amide bonds. The second-order valence-corrected chi connectivity index (χ2v) is 6.09. The number of amides is 1. The molecule has 1 heterocycles. The fourth-order valence-electron chi connectivity index (χ4n) is 2.01. The largest absolute Gasteiger partial charge is 0.369 e. The Bertz CT molecular complexity index is 627. The minimum Gasteiger partial charge on any atom is -0.369 e. The molecule has 2 rings (SSSR count). The summed E-state index contributed by atoms with van der Waals surface area (Å²) in [6.07, 6.45) is 1.81. The maximum absolute atomic E-state index is 11.9. The first-order chi connectivity index (χ1) is 9.80. The molecule has 0 radical (unpaired) electrons. The summed E-state index contributed by atoms with van der Waals surface area (Å²) in [5.41, 5.74) is 0.111. The van der Waals surface area contributed by atoms with E-state index in [2.05, 4.69) is 15.3 Å². The van der Waals surface area contributed by atoms with Crippen molar-refractivity contribution in [2.45, 2.75) is 18.9 Å². The van der Waals surface area contributed by atoms with Crippen LogP contribution in [0.5, 0.6) is 0 Å². The summed E-state index contributed by atoms with van der Waals surface area (Å²) in [7, 11) is 3.68. The summed E-state index contributed by atoms with van der Waals surface area (Å²) in [4.78, 5) is 22.4. The number of halogens is 2. The van der Waals surface area contributed by atoms with Crippen molar-refractivity contribution in [1.82, 2.24) is 10.2 Å². The molecule has 1 aliphatic heterocycles. The van der Waals surface area contributed by atoms with Crippen molar-refractivity contribution >= 4 is 41.4 Å². The van der Waals surface area contributed by atoms with Crippen molar-refractivity contribution < 1.29 is 4.79 Å². The molecular formula is C14H16Cl2N4O. The van der Waals surface area contributed by atoms with Crippen LogP contribution in [0.3, 0.4) is 0 Å². The Balaban J connectivity index is 2.41. The Morgan fingerprint density at radius 3 is 2.71 bits per heavy atom. The molecule has 1 aromatic carbocycles. The standard InChI is InChI=1S/C14H16Cl2N4O/c1-14(9-4-5-10(15)11(16)6-9)7-12(21)18-13(19-14)17-8-20(2)3/h4-6,8H,7H2,1-3H3,(H,18,19,21)/b17-8+. The van der Waals surface area contributed by atoms with E-state index in [1.165, 1.54) is 0 Å². The van der Waals surface area contributed by atoms with Crippen LogP contribution in [-0.4, -0.2) is 37.2 Å². The third kappa shape index (κ3) is 3.74. The Morgan fingerprint density at radius 1 is 1.38 bits per heavy atom. The van der Waals surface area contributed by atoms with E-state index in [0.717, 1.165) is 5.56 Å². The molecule has 1 aromatic rings. The van der Waals surface area contributed by atoms with E-state index in [0.29, 0.717) is 10.0 Å². The number of carbonyl (C=O) groups excluding carboxylic acids is 1. The molecule has 5 nitrogen and oxygen atoms in total. The summed E-state index contributed by atoms with van der Waals surface area (Å²) >= 11 is 12.0. The lowest BCUT2D eigenvalue weighted by Gasteiger charge is -2.29. The highest BCUT2D eigenvalue weighted by Crippen LogP contribution is 2.35. The highest BCUT2D eigenvalue weighted by molar-refractivity contribution is 6.42. The third-order valence-electron chi connectivity index (χ3n) is 3.06. The zero-order valence-electron chi connectivity index (χ0n) is 12.0. The second-order valence-electron chi connectivity index (χ2n) is 5.27. The monoisotopic (exact) mass is 326 g/mol. The predicted octanol–water partition coefficient (Wildman–Crippen LogP) is 2.67. The number of nitrogens with one attached hydrogen (secondary N) is 1. The van der Waals surface area contributed by atoms with Gasteiger partial charge < -0.3 is 4.90 Å². The lowest BCUT2D eigenvalue weighted by molar-refractivity contribution is -0.121. The second kappa shape index (κ2) is 6.03. The van der Waals surface area contributed by atoms with Crippen molar-refractivity contribution in [3.05, 3.63) is 33.8 Å². The van der Waals surface area contributed by atoms with Gasteiger partial charge in [0.05, 0.1) is 28.3 Å². The average molecular weight is 327 g/mol. The fourth-order valence-corrected chi connectivity index (χ4v) is 2.31. The van der Waals surface area contributed by atoms with Gasteiger partial charge in [0.15, 0.2) is 0 Å². The van der Waals surface area contributed by atoms with E-state index in [-0.39, 0.29) is 18.3 Å². The van der Waals surface area contributed by atoms with Crippen LogP contribution in [-0.2, 0) is 10.3 Å². The molecule has 0 bridgehead atoms. The minimum absolute atomic E-state index is 0.135. The number of guanidine groups is 1. The van der Waals surface area contributed by atoms with E-state index in [4.69, 9.17) is 23.2 Å². The first kappa shape index (κ1) is 15.8.